The normalized spacial score (nSPS) is 20.7. The van der Waals surface area contributed by atoms with E-state index in [1.54, 1.807) is 12.1 Å². The molecule has 0 unspecified atom stereocenters. The van der Waals surface area contributed by atoms with Crippen molar-refractivity contribution in [2.75, 3.05) is 13.1 Å². The number of carbonyl (C=O) groups is 1. The molecule has 0 spiro atoms. The Bertz CT molecular complexity index is 530. The summed E-state index contributed by atoms with van der Waals surface area (Å²) in [7, 11) is 0. The van der Waals surface area contributed by atoms with Crippen molar-refractivity contribution in [1.29, 1.82) is 0 Å². The summed E-state index contributed by atoms with van der Waals surface area (Å²) in [4.78, 5) is 14.1. The maximum absolute atomic E-state index is 13.4. The number of amides is 1. The molecule has 0 saturated carbocycles. The number of benzene rings is 1. The second-order valence-electron chi connectivity index (χ2n) is 5.36. The Labute approximate surface area is 112 Å². The highest BCUT2D eigenvalue weighted by Crippen LogP contribution is 2.31. The lowest BCUT2D eigenvalue weighted by Gasteiger charge is -2.20. The standard InChI is InChI=1S/C16H18FNO/c17-14-7-6-12-4-3-5-13(15(12)11-14)10-16(19)18-8-1-2-9-18/h6-7,10-11H,1-5,8-9H2/b13-10+. The lowest BCUT2D eigenvalue weighted by atomic mass is 9.87. The molecule has 0 aromatic heterocycles. The molecule has 2 aliphatic rings. The molecular formula is C16H18FNO. The van der Waals surface area contributed by atoms with Crippen molar-refractivity contribution in [2.24, 2.45) is 0 Å². The number of hydrogen-bond donors (Lipinski definition) is 0. The van der Waals surface area contributed by atoms with E-state index in [0.717, 1.165) is 61.9 Å². The van der Waals surface area contributed by atoms with Crippen molar-refractivity contribution < 1.29 is 9.18 Å². The van der Waals surface area contributed by atoms with Crippen molar-refractivity contribution in [3.8, 4) is 0 Å². The first kappa shape index (κ1) is 12.4. The second kappa shape index (κ2) is 5.16. The highest BCUT2D eigenvalue weighted by atomic mass is 19.1. The Morgan fingerprint density at radius 3 is 2.74 bits per heavy atom. The van der Waals surface area contributed by atoms with E-state index in [4.69, 9.17) is 0 Å². The van der Waals surface area contributed by atoms with Gasteiger partial charge in [-0.1, -0.05) is 6.07 Å². The molecule has 1 heterocycles. The fourth-order valence-corrected chi connectivity index (χ4v) is 3.00. The van der Waals surface area contributed by atoms with E-state index in [1.807, 2.05) is 11.0 Å². The minimum absolute atomic E-state index is 0.0876. The van der Waals surface area contributed by atoms with Gasteiger partial charge in [0.2, 0.25) is 5.91 Å². The molecule has 0 N–H and O–H groups in total. The fraction of sp³-hybridized carbons (Fsp3) is 0.438. The SMILES string of the molecule is O=C(/C=C1\CCCc2ccc(F)cc21)N1CCCC1. The van der Waals surface area contributed by atoms with Gasteiger partial charge in [-0.05, 0) is 60.9 Å². The highest BCUT2D eigenvalue weighted by molar-refractivity contribution is 5.96. The molecule has 1 aliphatic carbocycles. The average molecular weight is 259 g/mol. The van der Waals surface area contributed by atoms with Gasteiger partial charge in [0.25, 0.3) is 0 Å². The molecule has 19 heavy (non-hydrogen) atoms. The van der Waals surface area contributed by atoms with Crippen LogP contribution in [0.3, 0.4) is 0 Å². The smallest absolute Gasteiger partial charge is 0.246 e. The largest absolute Gasteiger partial charge is 0.339 e. The van der Waals surface area contributed by atoms with Gasteiger partial charge < -0.3 is 4.90 Å². The number of carbonyl (C=O) groups excluding carboxylic acids is 1. The minimum Gasteiger partial charge on any atom is -0.339 e. The van der Waals surface area contributed by atoms with Crippen molar-refractivity contribution in [3.63, 3.8) is 0 Å². The number of fused-ring (bicyclic) bond motifs is 1. The summed E-state index contributed by atoms with van der Waals surface area (Å²) >= 11 is 0. The molecule has 3 rings (SSSR count). The first-order chi connectivity index (χ1) is 9.24. The maximum Gasteiger partial charge on any atom is 0.246 e. The predicted octanol–water partition coefficient (Wildman–Crippen LogP) is 3.17. The molecule has 0 atom stereocenters. The molecule has 100 valence electrons. The summed E-state index contributed by atoms with van der Waals surface area (Å²) in [6, 6.07) is 4.92. The van der Waals surface area contributed by atoms with Gasteiger partial charge in [0.1, 0.15) is 5.82 Å². The first-order valence-corrected chi connectivity index (χ1v) is 7.02. The Morgan fingerprint density at radius 1 is 1.16 bits per heavy atom. The van der Waals surface area contributed by atoms with Gasteiger partial charge in [-0.25, -0.2) is 4.39 Å². The molecule has 1 aliphatic heterocycles. The predicted molar refractivity (Wildman–Crippen MR) is 73.1 cm³/mol. The number of hydrogen-bond acceptors (Lipinski definition) is 1. The number of rotatable bonds is 1. The van der Waals surface area contributed by atoms with Crippen LogP contribution in [0.4, 0.5) is 4.39 Å². The Hall–Kier alpha value is -1.64. The Morgan fingerprint density at radius 2 is 1.95 bits per heavy atom. The monoisotopic (exact) mass is 259 g/mol. The zero-order valence-electron chi connectivity index (χ0n) is 11.0. The fourth-order valence-electron chi connectivity index (χ4n) is 3.00. The number of nitrogens with zero attached hydrogens (tertiary/aromatic N) is 1. The third kappa shape index (κ3) is 2.55. The van der Waals surface area contributed by atoms with Crippen LogP contribution in [0.5, 0.6) is 0 Å². The van der Waals surface area contributed by atoms with Gasteiger partial charge in [-0.2, -0.15) is 0 Å². The van der Waals surface area contributed by atoms with Crippen LogP contribution < -0.4 is 0 Å². The summed E-state index contributed by atoms with van der Waals surface area (Å²) in [5, 5.41) is 0. The maximum atomic E-state index is 13.4. The van der Waals surface area contributed by atoms with Crippen LogP contribution in [0.25, 0.3) is 5.57 Å². The van der Waals surface area contributed by atoms with Crippen LogP contribution in [-0.4, -0.2) is 23.9 Å². The topological polar surface area (TPSA) is 20.3 Å². The summed E-state index contributed by atoms with van der Waals surface area (Å²) in [6.07, 6.45) is 6.81. The molecule has 0 bridgehead atoms. The third-order valence-electron chi connectivity index (χ3n) is 4.03. The van der Waals surface area contributed by atoms with E-state index in [0.29, 0.717) is 0 Å². The van der Waals surface area contributed by atoms with Crippen LogP contribution in [0, 0.1) is 5.82 Å². The summed E-state index contributed by atoms with van der Waals surface area (Å²) in [5.74, 6) is -0.134. The molecular weight excluding hydrogens is 241 g/mol. The number of allylic oxidation sites excluding steroid dienone is 1. The van der Waals surface area contributed by atoms with E-state index in [1.165, 1.54) is 6.07 Å². The molecule has 0 radical (unpaired) electrons. The van der Waals surface area contributed by atoms with E-state index >= 15 is 0 Å². The molecule has 1 amide bonds. The molecule has 1 saturated heterocycles. The van der Waals surface area contributed by atoms with Crippen molar-refractivity contribution in [3.05, 3.63) is 41.2 Å². The van der Waals surface area contributed by atoms with Gasteiger partial charge in [-0.3, -0.25) is 4.79 Å². The van der Waals surface area contributed by atoms with Gasteiger partial charge in [0.05, 0.1) is 0 Å². The lowest BCUT2D eigenvalue weighted by Crippen LogP contribution is -2.26. The zero-order valence-corrected chi connectivity index (χ0v) is 11.0. The summed E-state index contributed by atoms with van der Waals surface area (Å²) < 4.78 is 13.4. The molecule has 1 aromatic rings. The van der Waals surface area contributed by atoms with Gasteiger partial charge in [-0.15, -0.1) is 0 Å². The molecule has 2 nitrogen and oxygen atoms in total. The van der Waals surface area contributed by atoms with Crippen molar-refractivity contribution in [2.45, 2.75) is 32.1 Å². The Kier molecular flexibility index (Phi) is 3.36. The number of aryl methyl sites for hydroxylation is 1. The number of likely N-dealkylation sites (tertiary alicyclic amines) is 1. The van der Waals surface area contributed by atoms with Crippen LogP contribution in [0.1, 0.15) is 36.8 Å². The van der Waals surface area contributed by atoms with Crippen LogP contribution >= 0.6 is 0 Å². The van der Waals surface area contributed by atoms with Gasteiger partial charge >= 0.3 is 0 Å². The van der Waals surface area contributed by atoms with E-state index in [2.05, 4.69) is 0 Å². The first-order valence-electron chi connectivity index (χ1n) is 7.02. The molecule has 1 fully saturated rings. The van der Waals surface area contributed by atoms with Crippen LogP contribution in [0.2, 0.25) is 0 Å². The van der Waals surface area contributed by atoms with E-state index < -0.39 is 0 Å². The average Bonchev–Trinajstić information content (AvgIpc) is 2.93. The second-order valence-corrected chi connectivity index (χ2v) is 5.36. The van der Waals surface area contributed by atoms with Crippen LogP contribution in [-0.2, 0) is 11.2 Å². The summed E-state index contributed by atoms with van der Waals surface area (Å²) in [6.45, 7) is 1.72. The van der Waals surface area contributed by atoms with E-state index in [-0.39, 0.29) is 11.7 Å². The van der Waals surface area contributed by atoms with Crippen LogP contribution in [0.15, 0.2) is 24.3 Å². The number of halogens is 1. The van der Waals surface area contributed by atoms with E-state index in [9.17, 15) is 9.18 Å². The van der Waals surface area contributed by atoms with Crippen molar-refractivity contribution >= 4 is 11.5 Å². The van der Waals surface area contributed by atoms with Gasteiger partial charge in [0, 0.05) is 19.2 Å². The lowest BCUT2D eigenvalue weighted by molar-refractivity contribution is -0.124. The van der Waals surface area contributed by atoms with Crippen molar-refractivity contribution in [1.82, 2.24) is 4.90 Å². The highest BCUT2D eigenvalue weighted by Gasteiger charge is 2.19. The molecule has 1 aromatic carbocycles. The quantitative estimate of drug-likeness (QED) is 0.709. The molecule has 3 heteroatoms. The van der Waals surface area contributed by atoms with Gasteiger partial charge in [0.15, 0.2) is 0 Å². The third-order valence-corrected chi connectivity index (χ3v) is 4.03. The summed E-state index contributed by atoms with van der Waals surface area (Å²) in [5.41, 5.74) is 3.09. The Balaban J connectivity index is 1.89. The zero-order chi connectivity index (χ0) is 13.2. The minimum atomic E-state index is -0.222.